The lowest BCUT2D eigenvalue weighted by atomic mass is 10.1. The molecular weight excluding hydrogens is 222 g/mol. The summed E-state index contributed by atoms with van der Waals surface area (Å²) in [6.45, 7) is 1.72. The first kappa shape index (κ1) is 11.1. The van der Waals surface area contributed by atoms with E-state index in [9.17, 15) is 9.59 Å². The van der Waals surface area contributed by atoms with E-state index >= 15 is 0 Å². The fourth-order valence-corrected chi connectivity index (χ4v) is 1.55. The van der Waals surface area contributed by atoms with Gasteiger partial charge in [0.25, 0.3) is 0 Å². The van der Waals surface area contributed by atoms with Crippen molar-refractivity contribution in [3.63, 3.8) is 0 Å². The number of nitrogens with two attached hydrogens (primary N) is 1. The minimum atomic E-state index is -0.393. The number of benzene rings is 1. The van der Waals surface area contributed by atoms with E-state index in [1.165, 1.54) is 7.05 Å². The highest BCUT2D eigenvalue weighted by molar-refractivity contribution is 5.81. The van der Waals surface area contributed by atoms with Crippen LogP contribution in [0.3, 0.4) is 0 Å². The molecule has 0 saturated carbocycles. The van der Waals surface area contributed by atoms with E-state index in [2.05, 4.69) is 10.4 Å². The average Bonchev–Trinajstić information content (AvgIpc) is 2.63. The number of nitrogen functional groups attached to an aromatic ring is 1. The number of anilines is 1. The average molecular weight is 233 g/mol. The highest BCUT2D eigenvalue weighted by atomic mass is 16.2. The molecule has 88 valence electrons. The maximum atomic E-state index is 11.7. The number of aryl methyl sites for hydroxylation is 1. The quantitative estimate of drug-likeness (QED) is 0.566. The van der Waals surface area contributed by atoms with Gasteiger partial charge in [-0.25, -0.2) is 4.79 Å². The van der Waals surface area contributed by atoms with Gasteiger partial charge in [0, 0.05) is 18.3 Å². The summed E-state index contributed by atoms with van der Waals surface area (Å²) in [6.07, 6.45) is 0.691. The number of nitrogens with zero attached hydrogens (tertiary/aromatic N) is 4. The number of carbonyl (C=O) groups is 1. The van der Waals surface area contributed by atoms with E-state index < -0.39 is 5.69 Å². The summed E-state index contributed by atoms with van der Waals surface area (Å²) in [5.41, 5.74) is 7.20. The third-order valence-corrected chi connectivity index (χ3v) is 2.52. The molecule has 0 spiro atoms. The first-order chi connectivity index (χ1) is 8.04. The van der Waals surface area contributed by atoms with Crippen LogP contribution in [0.1, 0.15) is 15.9 Å². The predicted molar refractivity (Wildman–Crippen MR) is 61.1 cm³/mol. The predicted octanol–water partition coefficient (Wildman–Crippen LogP) is -0.331. The van der Waals surface area contributed by atoms with E-state index in [4.69, 9.17) is 5.73 Å². The molecule has 0 radical (unpaired) electrons. The smallest absolute Gasteiger partial charge is 0.368 e. The fourth-order valence-electron chi connectivity index (χ4n) is 1.55. The molecule has 2 rings (SSSR count). The van der Waals surface area contributed by atoms with Crippen molar-refractivity contribution in [1.29, 1.82) is 0 Å². The van der Waals surface area contributed by atoms with Gasteiger partial charge < -0.3 is 5.73 Å². The minimum Gasteiger partial charge on any atom is -0.399 e. The van der Waals surface area contributed by atoms with Crippen molar-refractivity contribution in [2.75, 3.05) is 5.73 Å². The van der Waals surface area contributed by atoms with E-state index in [0.29, 0.717) is 28.8 Å². The van der Waals surface area contributed by atoms with Crippen LogP contribution >= 0.6 is 0 Å². The van der Waals surface area contributed by atoms with Gasteiger partial charge in [-0.3, -0.25) is 4.79 Å². The first-order valence-corrected chi connectivity index (χ1v) is 4.89. The molecule has 7 heteroatoms. The Hall–Kier alpha value is -2.44. The highest BCUT2D eigenvalue weighted by Gasteiger charge is 2.12. The summed E-state index contributed by atoms with van der Waals surface area (Å²) < 4.78 is 2.21. The van der Waals surface area contributed by atoms with Crippen LogP contribution < -0.4 is 11.4 Å². The van der Waals surface area contributed by atoms with E-state index in [1.807, 2.05) is 0 Å². The minimum absolute atomic E-state index is 0.393. The Morgan fingerprint density at radius 1 is 1.35 bits per heavy atom. The van der Waals surface area contributed by atoms with E-state index in [0.717, 1.165) is 9.36 Å². The summed E-state index contributed by atoms with van der Waals surface area (Å²) in [4.78, 5) is 22.6. The number of hydrogen-bond acceptors (Lipinski definition) is 5. The Bertz CT molecular complexity index is 641. The normalized spacial score (nSPS) is 10.5. The maximum Gasteiger partial charge on any atom is 0.368 e. The van der Waals surface area contributed by atoms with Gasteiger partial charge in [0.2, 0.25) is 0 Å². The van der Waals surface area contributed by atoms with Gasteiger partial charge in [0.15, 0.2) is 0 Å². The lowest BCUT2D eigenvalue weighted by molar-refractivity contribution is 0.112. The van der Waals surface area contributed by atoms with Gasteiger partial charge >= 0.3 is 5.69 Å². The van der Waals surface area contributed by atoms with Crippen LogP contribution in [0, 0.1) is 6.92 Å². The Morgan fingerprint density at radius 3 is 2.59 bits per heavy atom. The Kier molecular flexibility index (Phi) is 2.51. The van der Waals surface area contributed by atoms with Crippen molar-refractivity contribution >= 4 is 12.0 Å². The summed E-state index contributed by atoms with van der Waals surface area (Å²) in [5.74, 6) is 0. The molecule has 1 aromatic heterocycles. The molecule has 7 nitrogen and oxygen atoms in total. The van der Waals surface area contributed by atoms with Crippen molar-refractivity contribution in [1.82, 2.24) is 19.8 Å². The second-order valence-electron chi connectivity index (χ2n) is 3.67. The Labute approximate surface area is 96.4 Å². The summed E-state index contributed by atoms with van der Waals surface area (Å²) in [7, 11) is 1.49. The standard InChI is InChI=1S/C10H11N5O2/c1-6-7(5-16)3-8(11)4-9(6)15-10(17)14(2)12-13-15/h3-5H,11H2,1-2H3. The fraction of sp³-hybridized carbons (Fsp3) is 0.200. The largest absolute Gasteiger partial charge is 0.399 e. The molecule has 0 saturated heterocycles. The zero-order valence-corrected chi connectivity index (χ0v) is 9.41. The van der Waals surface area contributed by atoms with Crippen LogP contribution in [0.2, 0.25) is 0 Å². The topological polar surface area (TPSA) is 95.8 Å². The molecule has 2 aromatic rings. The van der Waals surface area contributed by atoms with Gasteiger partial charge in [0.05, 0.1) is 5.69 Å². The Balaban J connectivity index is 2.75. The molecule has 0 aliphatic rings. The number of tetrazole rings is 1. The van der Waals surface area contributed by atoms with Gasteiger partial charge in [-0.05, 0) is 35.0 Å². The van der Waals surface area contributed by atoms with E-state index in [1.54, 1.807) is 19.1 Å². The number of carbonyl (C=O) groups excluding carboxylic acids is 1. The third-order valence-electron chi connectivity index (χ3n) is 2.52. The molecule has 1 aromatic carbocycles. The van der Waals surface area contributed by atoms with Crippen molar-refractivity contribution in [3.8, 4) is 5.69 Å². The van der Waals surface area contributed by atoms with Gasteiger partial charge in [-0.2, -0.15) is 9.36 Å². The summed E-state index contributed by atoms with van der Waals surface area (Å²) >= 11 is 0. The molecule has 2 N–H and O–H groups in total. The summed E-state index contributed by atoms with van der Waals surface area (Å²) in [5, 5.41) is 7.32. The molecule has 0 aliphatic heterocycles. The molecule has 0 aliphatic carbocycles. The van der Waals surface area contributed by atoms with Crippen LogP contribution in [0.4, 0.5) is 5.69 Å². The molecule has 0 bridgehead atoms. The maximum absolute atomic E-state index is 11.7. The van der Waals surface area contributed by atoms with Gasteiger partial charge in [0.1, 0.15) is 6.29 Å². The number of aromatic nitrogens is 4. The lowest BCUT2D eigenvalue weighted by Gasteiger charge is -2.07. The van der Waals surface area contributed by atoms with Crippen LogP contribution in [-0.4, -0.2) is 26.1 Å². The first-order valence-electron chi connectivity index (χ1n) is 4.89. The SMILES string of the molecule is Cc1c(C=O)cc(N)cc1-n1nnn(C)c1=O. The van der Waals surface area contributed by atoms with Crippen molar-refractivity contribution < 1.29 is 4.79 Å². The highest BCUT2D eigenvalue weighted by Crippen LogP contribution is 2.19. The molecule has 17 heavy (non-hydrogen) atoms. The van der Waals surface area contributed by atoms with Gasteiger partial charge in [-0.15, -0.1) is 0 Å². The number of hydrogen-bond donors (Lipinski definition) is 1. The number of aldehydes is 1. The van der Waals surface area contributed by atoms with Crippen LogP contribution in [0.5, 0.6) is 0 Å². The number of rotatable bonds is 2. The summed E-state index contributed by atoms with van der Waals surface area (Å²) in [6, 6.07) is 3.13. The van der Waals surface area contributed by atoms with Crippen LogP contribution in [-0.2, 0) is 7.05 Å². The van der Waals surface area contributed by atoms with E-state index in [-0.39, 0.29) is 0 Å². The van der Waals surface area contributed by atoms with Gasteiger partial charge in [-0.1, -0.05) is 0 Å². The second kappa shape index (κ2) is 3.85. The Morgan fingerprint density at radius 2 is 2.06 bits per heavy atom. The molecule has 0 amide bonds. The van der Waals surface area contributed by atoms with Crippen LogP contribution in [0.15, 0.2) is 16.9 Å². The zero-order chi connectivity index (χ0) is 12.6. The lowest BCUT2D eigenvalue weighted by Crippen LogP contribution is -2.23. The molecule has 1 heterocycles. The second-order valence-corrected chi connectivity index (χ2v) is 3.67. The molecule has 0 atom stereocenters. The molecule has 0 fully saturated rings. The van der Waals surface area contributed by atoms with Crippen molar-refractivity contribution in [2.45, 2.75) is 6.92 Å². The zero-order valence-electron chi connectivity index (χ0n) is 9.41. The van der Waals surface area contributed by atoms with Crippen molar-refractivity contribution in [3.05, 3.63) is 33.7 Å². The van der Waals surface area contributed by atoms with Crippen molar-refractivity contribution in [2.24, 2.45) is 7.05 Å². The monoisotopic (exact) mass is 233 g/mol. The third kappa shape index (κ3) is 1.71. The molecular formula is C10H11N5O2. The van der Waals surface area contributed by atoms with Crippen LogP contribution in [0.25, 0.3) is 5.69 Å². The molecule has 0 unspecified atom stereocenters.